The molecule has 24 heavy (non-hydrogen) atoms. The smallest absolute Gasteiger partial charge is 0.317 e. The van der Waals surface area contributed by atoms with E-state index in [0.717, 1.165) is 11.3 Å². The Labute approximate surface area is 145 Å². The molecule has 1 fully saturated rings. The van der Waals surface area contributed by atoms with Gasteiger partial charge in [-0.2, -0.15) is 0 Å². The molecule has 2 heterocycles. The van der Waals surface area contributed by atoms with Crippen molar-refractivity contribution in [2.24, 2.45) is 0 Å². The van der Waals surface area contributed by atoms with E-state index in [0.29, 0.717) is 43.9 Å². The molecule has 1 saturated heterocycles. The second kappa shape index (κ2) is 7.23. The van der Waals surface area contributed by atoms with Crippen LogP contribution in [0.25, 0.3) is 0 Å². The normalized spacial score (nSPS) is 16.8. The molecule has 0 saturated carbocycles. The summed E-state index contributed by atoms with van der Waals surface area (Å²) in [5.41, 5.74) is 0.953. The summed E-state index contributed by atoms with van der Waals surface area (Å²) in [6.07, 6.45) is 5.12. The SMILES string of the molecule is O=C(NCCc1cnc[nH]1)N1CCC(O)(c2ccc(Cl)cc2)CC1. The summed E-state index contributed by atoms with van der Waals surface area (Å²) in [5.74, 6) is 0. The average molecular weight is 349 g/mol. The molecule has 2 aromatic rings. The molecule has 0 spiro atoms. The molecule has 2 amide bonds. The molecular formula is C17H21ClN4O2. The first kappa shape index (κ1) is 16.8. The number of amides is 2. The van der Waals surface area contributed by atoms with Crippen LogP contribution in [0, 0.1) is 0 Å². The summed E-state index contributed by atoms with van der Waals surface area (Å²) < 4.78 is 0. The van der Waals surface area contributed by atoms with Crippen molar-refractivity contribution >= 4 is 17.6 Å². The minimum absolute atomic E-state index is 0.0901. The molecule has 7 heteroatoms. The van der Waals surface area contributed by atoms with Gasteiger partial charge in [-0.1, -0.05) is 23.7 Å². The highest BCUT2D eigenvalue weighted by Gasteiger charge is 2.35. The molecule has 0 unspecified atom stereocenters. The Morgan fingerprint density at radius 2 is 2.04 bits per heavy atom. The van der Waals surface area contributed by atoms with Crippen molar-refractivity contribution in [1.29, 1.82) is 0 Å². The van der Waals surface area contributed by atoms with E-state index in [1.54, 1.807) is 29.6 Å². The molecule has 0 aliphatic carbocycles. The Balaban J connectivity index is 1.48. The van der Waals surface area contributed by atoms with E-state index in [1.165, 1.54) is 0 Å². The summed E-state index contributed by atoms with van der Waals surface area (Å²) in [6, 6.07) is 7.17. The Morgan fingerprint density at radius 1 is 1.33 bits per heavy atom. The number of aliphatic hydroxyl groups is 1. The van der Waals surface area contributed by atoms with Crippen LogP contribution in [-0.4, -0.2) is 45.6 Å². The monoisotopic (exact) mass is 348 g/mol. The van der Waals surface area contributed by atoms with Crippen molar-refractivity contribution in [3.8, 4) is 0 Å². The second-order valence-corrected chi connectivity index (χ2v) is 6.52. The molecule has 0 radical (unpaired) electrons. The third kappa shape index (κ3) is 3.88. The fourth-order valence-electron chi connectivity index (χ4n) is 2.97. The number of piperidine rings is 1. The van der Waals surface area contributed by atoms with Crippen LogP contribution < -0.4 is 5.32 Å². The highest BCUT2D eigenvalue weighted by Crippen LogP contribution is 2.33. The summed E-state index contributed by atoms with van der Waals surface area (Å²) in [6.45, 7) is 1.60. The average Bonchev–Trinajstić information content (AvgIpc) is 3.09. The molecule has 6 nitrogen and oxygen atoms in total. The number of hydrogen-bond donors (Lipinski definition) is 3. The number of nitrogens with one attached hydrogen (secondary N) is 2. The first-order chi connectivity index (χ1) is 11.6. The Morgan fingerprint density at radius 3 is 2.67 bits per heavy atom. The fraction of sp³-hybridized carbons (Fsp3) is 0.412. The van der Waals surface area contributed by atoms with Crippen molar-refractivity contribution < 1.29 is 9.90 Å². The van der Waals surface area contributed by atoms with E-state index in [2.05, 4.69) is 15.3 Å². The van der Waals surface area contributed by atoms with Gasteiger partial charge in [-0.25, -0.2) is 9.78 Å². The zero-order valence-electron chi connectivity index (χ0n) is 13.3. The standard InChI is InChI=1S/C17H21ClN4O2/c18-14-3-1-13(2-4-14)17(24)6-9-22(10-7-17)16(23)20-8-5-15-11-19-12-21-15/h1-4,11-12,24H,5-10H2,(H,19,21)(H,20,23). The first-order valence-corrected chi connectivity index (χ1v) is 8.43. The Kier molecular flexibility index (Phi) is 5.06. The molecular weight excluding hydrogens is 328 g/mol. The first-order valence-electron chi connectivity index (χ1n) is 8.05. The van der Waals surface area contributed by atoms with E-state index >= 15 is 0 Å². The van der Waals surface area contributed by atoms with Gasteiger partial charge < -0.3 is 20.3 Å². The quantitative estimate of drug-likeness (QED) is 0.793. The molecule has 1 aliphatic rings. The maximum absolute atomic E-state index is 12.2. The third-order valence-corrected chi connectivity index (χ3v) is 4.74. The van der Waals surface area contributed by atoms with Crippen LogP contribution in [0.3, 0.4) is 0 Å². The van der Waals surface area contributed by atoms with Crippen LogP contribution in [0.4, 0.5) is 4.79 Å². The van der Waals surface area contributed by atoms with E-state index in [1.807, 2.05) is 12.1 Å². The zero-order valence-corrected chi connectivity index (χ0v) is 14.1. The van der Waals surface area contributed by atoms with Gasteiger partial charge in [0, 0.05) is 43.0 Å². The lowest BCUT2D eigenvalue weighted by atomic mass is 9.84. The zero-order chi connectivity index (χ0) is 17.0. The summed E-state index contributed by atoms with van der Waals surface area (Å²) in [4.78, 5) is 20.9. The number of imidazole rings is 1. The second-order valence-electron chi connectivity index (χ2n) is 6.08. The van der Waals surface area contributed by atoms with Crippen molar-refractivity contribution in [2.75, 3.05) is 19.6 Å². The minimum atomic E-state index is -0.892. The number of carbonyl (C=O) groups excluding carboxylic acids is 1. The van der Waals surface area contributed by atoms with E-state index in [-0.39, 0.29) is 6.03 Å². The van der Waals surface area contributed by atoms with Gasteiger partial charge in [0.25, 0.3) is 0 Å². The largest absolute Gasteiger partial charge is 0.385 e. The van der Waals surface area contributed by atoms with E-state index < -0.39 is 5.60 Å². The van der Waals surface area contributed by atoms with Gasteiger partial charge in [-0.3, -0.25) is 0 Å². The van der Waals surface area contributed by atoms with Crippen molar-refractivity contribution in [2.45, 2.75) is 24.9 Å². The van der Waals surface area contributed by atoms with Crippen LogP contribution in [0.1, 0.15) is 24.1 Å². The number of urea groups is 1. The number of carbonyl (C=O) groups is 1. The summed E-state index contributed by atoms with van der Waals surface area (Å²) >= 11 is 5.90. The molecule has 0 bridgehead atoms. The highest BCUT2D eigenvalue weighted by molar-refractivity contribution is 6.30. The number of rotatable bonds is 4. The minimum Gasteiger partial charge on any atom is -0.385 e. The van der Waals surface area contributed by atoms with Gasteiger partial charge in [0.1, 0.15) is 0 Å². The van der Waals surface area contributed by atoms with Gasteiger partial charge in [0.05, 0.1) is 11.9 Å². The topological polar surface area (TPSA) is 81.2 Å². The molecule has 1 aromatic carbocycles. The van der Waals surface area contributed by atoms with Crippen LogP contribution in [0.2, 0.25) is 5.02 Å². The van der Waals surface area contributed by atoms with Gasteiger partial charge in [-0.05, 0) is 30.5 Å². The molecule has 3 N–H and O–H groups in total. The molecule has 3 rings (SSSR count). The van der Waals surface area contributed by atoms with Gasteiger partial charge >= 0.3 is 6.03 Å². The number of halogens is 1. The third-order valence-electron chi connectivity index (χ3n) is 4.48. The maximum Gasteiger partial charge on any atom is 0.317 e. The number of nitrogens with zero attached hydrogens (tertiary/aromatic N) is 2. The number of H-pyrrole nitrogens is 1. The number of benzene rings is 1. The van der Waals surface area contributed by atoms with Crippen LogP contribution in [-0.2, 0) is 12.0 Å². The van der Waals surface area contributed by atoms with Gasteiger partial charge in [0.2, 0.25) is 0 Å². The lowest BCUT2D eigenvalue weighted by Gasteiger charge is -2.38. The Hall–Kier alpha value is -2.05. The van der Waals surface area contributed by atoms with Crippen molar-refractivity contribution in [3.05, 3.63) is 53.1 Å². The number of hydrogen-bond acceptors (Lipinski definition) is 3. The number of aromatic nitrogens is 2. The summed E-state index contributed by atoms with van der Waals surface area (Å²) in [5, 5.41) is 14.4. The fourth-order valence-corrected chi connectivity index (χ4v) is 3.09. The lowest BCUT2D eigenvalue weighted by Crippen LogP contribution is -2.49. The van der Waals surface area contributed by atoms with Crippen LogP contribution in [0.5, 0.6) is 0 Å². The predicted molar refractivity (Wildman–Crippen MR) is 91.8 cm³/mol. The van der Waals surface area contributed by atoms with Crippen LogP contribution in [0.15, 0.2) is 36.8 Å². The predicted octanol–water partition coefficient (Wildman–Crippen LogP) is 2.30. The highest BCUT2D eigenvalue weighted by atomic mass is 35.5. The van der Waals surface area contributed by atoms with Crippen molar-refractivity contribution in [1.82, 2.24) is 20.2 Å². The number of aromatic amines is 1. The van der Waals surface area contributed by atoms with Crippen molar-refractivity contribution in [3.63, 3.8) is 0 Å². The maximum atomic E-state index is 12.2. The van der Waals surface area contributed by atoms with E-state index in [9.17, 15) is 9.90 Å². The Bertz CT molecular complexity index is 664. The lowest BCUT2D eigenvalue weighted by molar-refractivity contribution is -0.0167. The number of likely N-dealkylation sites (tertiary alicyclic amines) is 1. The molecule has 1 aromatic heterocycles. The van der Waals surface area contributed by atoms with Gasteiger partial charge in [-0.15, -0.1) is 0 Å². The summed E-state index contributed by atoms with van der Waals surface area (Å²) in [7, 11) is 0. The van der Waals surface area contributed by atoms with Crippen LogP contribution >= 0.6 is 11.6 Å². The molecule has 128 valence electrons. The molecule has 1 aliphatic heterocycles. The molecule has 0 atom stereocenters. The van der Waals surface area contributed by atoms with E-state index in [4.69, 9.17) is 11.6 Å². The van der Waals surface area contributed by atoms with Gasteiger partial charge in [0.15, 0.2) is 0 Å².